The van der Waals surface area contributed by atoms with Gasteiger partial charge in [-0.05, 0) is 38.4 Å². The summed E-state index contributed by atoms with van der Waals surface area (Å²) in [7, 11) is 2.21. The zero-order valence-electron chi connectivity index (χ0n) is 13.5. The van der Waals surface area contributed by atoms with Crippen molar-refractivity contribution in [3.8, 4) is 0 Å². The van der Waals surface area contributed by atoms with Crippen molar-refractivity contribution in [1.82, 2.24) is 10.2 Å². The molecule has 19 heavy (non-hydrogen) atoms. The van der Waals surface area contributed by atoms with E-state index in [1.165, 1.54) is 11.1 Å². The first-order valence-electron chi connectivity index (χ1n) is 7.32. The van der Waals surface area contributed by atoms with Gasteiger partial charge in [-0.1, -0.05) is 50.6 Å². The largest absolute Gasteiger partial charge is 0.314 e. The van der Waals surface area contributed by atoms with Gasteiger partial charge in [0.05, 0.1) is 0 Å². The second-order valence-electron chi connectivity index (χ2n) is 6.43. The number of nitrogens with zero attached hydrogens (tertiary/aromatic N) is 1. The minimum atomic E-state index is 0.272. The van der Waals surface area contributed by atoms with Gasteiger partial charge < -0.3 is 10.2 Å². The molecule has 1 unspecified atom stereocenters. The SMILES string of the molecule is CCNC(C)C(C)(C)CN(C)Cc1cccc(C)c1. The Morgan fingerprint density at radius 3 is 2.58 bits per heavy atom. The maximum atomic E-state index is 3.54. The van der Waals surface area contributed by atoms with Crippen molar-refractivity contribution in [2.45, 2.75) is 47.2 Å². The van der Waals surface area contributed by atoms with Gasteiger partial charge in [-0.15, -0.1) is 0 Å². The Morgan fingerprint density at radius 1 is 1.32 bits per heavy atom. The van der Waals surface area contributed by atoms with Gasteiger partial charge in [0.15, 0.2) is 0 Å². The number of nitrogens with one attached hydrogen (secondary N) is 1. The number of aryl methyl sites for hydroxylation is 1. The van der Waals surface area contributed by atoms with Crippen LogP contribution in [0.15, 0.2) is 24.3 Å². The summed E-state index contributed by atoms with van der Waals surface area (Å²) in [5.41, 5.74) is 3.01. The second-order valence-corrected chi connectivity index (χ2v) is 6.43. The highest BCUT2D eigenvalue weighted by molar-refractivity contribution is 5.22. The van der Waals surface area contributed by atoms with E-state index in [4.69, 9.17) is 0 Å². The van der Waals surface area contributed by atoms with Crippen molar-refractivity contribution in [3.05, 3.63) is 35.4 Å². The minimum absolute atomic E-state index is 0.272. The standard InChI is InChI=1S/C17H30N2/c1-7-18-15(3)17(4,5)13-19(6)12-16-10-8-9-14(2)11-16/h8-11,15,18H,7,12-13H2,1-6H3. The smallest absolute Gasteiger partial charge is 0.0231 e. The lowest BCUT2D eigenvalue weighted by Crippen LogP contribution is -2.45. The highest BCUT2D eigenvalue weighted by atomic mass is 15.1. The van der Waals surface area contributed by atoms with Crippen LogP contribution >= 0.6 is 0 Å². The Bertz CT molecular complexity index is 385. The van der Waals surface area contributed by atoms with E-state index < -0.39 is 0 Å². The molecule has 0 amide bonds. The second kappa shape index (κ2) is 7.06. The highest BCUT2D eigenvalue weighted by Crippen LogP contribution is 2.22. The summed E-state index contributed by atoms with van der Waals surface area (Å²) in [6.45, 7) is 14.4. The first kappa shape index (κ1) is 16.2. The molecule has 0 heterocycles. The number of hydrogen-bond acceptors (Lipinski definition) is 2. The van der Waals surface area contributed by atoms with Crippen LogP contribution in [0.4, 0.5) is 0 Å². The van der Waals surface area contributed by atoms with E-state index in [0.29, 0.717) is 6.04 Å². The van der Waals surface area contributed by atoms with Crippen LogP contribution in [0, 0.1) is 12.3 Å². The predicted octanol–water partition coefficient (Wildman–Crippen LogP) is 3.45. The fourth-order valence-corrected chi connectivity index (χ4v) is 2.59. The van der Waals surface area contributed by atoms with E-state index in [1.54, 1.807) is 0 Å². The fraction of sp³-hybridized carbons (Fsp3) is 0.647. The highest BCUT2D eigenvalue weighted by Gasteiger charge is 2.26. The number of hydrogen-bond donors (Lipinski definition) is 1. The van der Waals surface area contributed by atoms with Gasteiger partial charge in [0.25, 0.3) is 0 Å². The van der Waals surface area contributed by atoms with Gasteiger partial charge in [-0.25, -0.2) is 0 Å². The Balaban J connectivity index is 2.57. The van der Waals surface area contributed by atoms with Crippen LogP contribution in [0.25, 0.3) is 0 Å². The van der Waals surface area contributed by atoms with Crippen molar-refractivity contribution in [2.24, 2.45) is 5.41 Å². The molecule has 0 saturated heterocycles. The molecule has 0 spiro atoms. The van der Waals surface area contributed by atoms with Crippen LogP contribution in [0.5, 0.6) is 0 Å². The number of rotatable bonds is 7. The van der Waals surface area contributed by atoms with E-state index in [-0.39, 0.29) is 5.41 Å². The molecule has 0 bridgehead atoms. The molecule has 1 aromatic rings. The minimum Gasteiger partial charge on any atom is -0.314 e. The van der Waals surface area contributed by atoms with Crippen molar-refractivity contribution in [1.29, 1.82) is 0 Å². The van der Waals surface area contributed by atoms with Crippen LogP contribution in [0.2, 0.25) is 0 Å². The maximum Gasteiger partial charge on any atom is 0.0231 e. The fourth-order valence-electron chi connectivity index (χ4n) is 2.59. The first-order chi connectivity index (χ1) is 8.85. The van der Waals surface area contributed by atoms with Gasteiger partial charge in [-0.2, -0.15) is 0 Å². The molecular weight excluding hydrogens is 232 g/mol. The lowest BCUT2D eigenvalue weighted by molar-refractivity contribution is 0.161. The lowest BCUT2D eigenvalue weighted by atomic mass is 9.84. The molecule has 1 atom stereocenters. The lowest BCUT2D eigenvalue weighted by Gasteiger charge is -2.36. The zero-order chi connectivity index (χ0) is 14.5. The van der Waals surface area contributed by atoms with Crippen LogP contribution in [0.1, 0.15) is 38.8 Å². The maximum absolute atomic E-state index is 3.54. The molecular formula is C17H30N2. The van der Waals surface area contributed by atoms with Gasteiger partial charge in [0, 0.05) is 19.1 Å². The van der Waals surface area contributed by atoms with E-state index in [0.717, 1.165) is 19.6 Å². The quantitative estimate of drug-likeness (QED) is 0.809. The summed E-state index contributed by atoms with van der Waals surface area (Å²) >= 11 is 0. The molecule has 2 heteroatoms. The number of benzene rings is 1. The predicted molar refractivity (Wildman–Crippen MR) is 84.4 cm³/mol. The van der Waals surface area contributed by atoms with Gasteiger partial charge >= 0.3 is 0 Å². The van der Waals surface area contributed by atoms with Crippen molar-refractivity contribution >= 4 is 0 Å². The Hall–Kier alpha value is -0.860. The average Bonchev–Trinajstić information content (AvgIpc) is 2.28. The average molecular weight is 262 g/mol. The third kappa shape index (κ3) is 5.33. The monoisotopic (exact) mass is 262 g/mol. The molecule has 0 fully saturated rings. The summed E-state index contributed by atoms with van der Waals surface area (Å²) in [6, 6.07) is 9.31. The van der Waals surface area contributed by atoms with Gasteiger partial charge in [-0.3, -0.25) is 0 Å². The van der Waals surface area contributed by atoms with Crippen LogP contribution < -0.4 is 5.32 Å². The third-order valence-electron chi connectivity index (χ3n) is 3.89. The van der Waals surface area contributed by atoms with Gasteiger partial charge in [0.2, 0.25) is 0 Å². The molecule has 2 nitrogen and oxygen atoms in total. The topological polar surface area (TPSA) is 15.3 Å². The molecule has 1 aromatic carbocycles. The molecule has 108 valence electrons. The van der Waals surface area contributed by atoms with E-state index in [2.05, 4.69) is 76.1 Å². The molecule has 0 aliphatic heterocycles. The molecule has 1 N–H and O–H groups in total. The normalized spacial score (nSPS) is 13.8. The first-order valence-corrected chi connectivity index (χ1v) is 7.32. The molecule has 0 aliphatic carbocycles. The summed E-state index contributed by atoms with van der Waals surface area (Å²) in [6.07, 6.45) is 0. The Kier molecular flexibility index (Phi) is 6.02. The van der Waals surface area contributed by atoms with Crippen LogP contribution in [0.3, 0.4) is 0 Å². The Labute approximate surface area is 119 Å². The molecule has 0 saturated carbocycles. The van der Waals surface area contributed by atoms with E-state index in [9.17, 15) is 0 Å². The van der Waals surface area contributed by atoms with E-state index in [1.807, 2.05) is 0 Å². The summed E-state index contributed by atoms with van der Waals surface area (Å²) in [5, 5.41) is 3.54. The zero-order valence-corrected chi connectivity index (χ0v) is 13.5. The molecule has 1 rings (SSSR count). The Morgan fingerprint density at radius 2 is 2.00 bits per heavy atom. The summed E-state index contributed by atoms with van der Waals surface area (Å²) in [4.78, 5) is 2.42. The molecule has 0 radical (unpaired) electrons. The summed E-state index contributed by atoms with van der Waals surface area (Å²) < 4.78 is 0. The summed E-state index contributed by atoms with van der Waals surface area (Å²) in [5.74, 6) is 0. The van der Waals surface area contributed by atoms with Gasteiger partial charge in [0.1, 0.15) is 0 Å². The van der Waals surface area contributed by atoms with E-state index >= 15 is 0 Å². The van der Waals surface area contributed by atoms with Crippen molar-refractivity contribution < 1.29 is 0 Å². The van der Waals surface area contributed by atoms with Crippen molar-refractivity contribution in [2.75, 3.05) is 20.1 Å². The third-order valence-corrected chi connectivity index (χ3v) is 3.89. The van der Waals surface area contributed by atoms with Crippen LogP contribution in [-0.4, -0.2) is 31.1 Å². The van der Waals surface area contributed by atoms with Crippen molar-refractivity contribution in [3.63, 3.8) is 0 Å². The van der Waals surface area contributed by atoms with Crippen LogP contribution in [-0.2, 0) is 6.54 Å². The molecule has 0 aromatic heterocycles. The molecule has 0 aliphatic rings.